The van der Waals surface area contributed by atoms with Crippen LogP contribution in [-0.2, 0) is 35.7 Å². The SMILES string of the molecule is C=C(OCC1CO1)/C(=C\C(=C/C)C(c1ccccc1)(c1ccccc1)c1ccc(OC2CCO2)c(COCC)c1)C1CCO1. The van der Waals surface area contributed by atoms with Gasteiger partial charge in [0.2, 0.25) is 6.29 Å². The predicted molar refractivity (Wildman–Crippen MR) is 171 cm³/mol. The van der Waals surface area contributed by atoms with E-state index >= 15 is 0 Å². The van der Waals surface area contributed by atoms with Crippen LogP contribution in [0.5, 0.6) is 5.75 Å². The molecule has 0 radical (unpaired) electrons. The summed E-state index contributed by atoms with van der Waals surface area (Å²) in [5.74, 6) is 1.41. The van der Waals surface area contributed by atoms with Gasteiger partial charge in [-0.05, 0) is 54.3 Å². The second-order valence-electron chi connectivity index (χ2n) is 11.3. The van der Waals surface area contributed by atoms with E-state index in [1.807, 2.05) is 6.92 Å². The quantitative estimate of drug-likeness (QED) is 0.0798. The molecule has 3 saturated heterocycles. The van der Waals surface area contributed by atoms with Gasteiger partial charge >= 0.3 is 0 Å². The third-order valence-electron chi connectivity index (χ3n) is 8.55. The van der Waals surface area contributed by atoms with Crippen molar-refractivity contribution in [3.05, 3.63) is 137 Å². The number of hydrogen-bond donors (Lipinski definition) is 0. The Bertz CT molecular complexity index is 1430. The van der Waals surface area contributed by atoms with Crippen molar-refractivity contribution >= 4 is 0 Å². The molecule has 0 aromatic heterocycles. The first-order valence-corrected chi connectivity index (χ1v) is 15.7. The normalized spacial score (nSPS) is 21.6. The molecule has 3 aromatic carbocycles. The van der Waals surface area contributed by atoms with Crippen molar-refractivity contribution in [2.24, 2.45) is 0 Å². The molecule has 0 saturated carbocycles. The van der Waals surface area contributed by atoms with Gasteiger partial charge in [-0.2, -0.15) is 0 Å². The van der Waals surface area contributed by atoms with Crippen LogP contribution in [0.1, 0.15) is 48.9 Å². The third kappa shape index (κ3) is 6.40. The topological polar surface area (TPSA) is 58.7 Å². The molecular formula is C38H42O6. The van der Waals surface area contributed by atoms with Gasteiger partial charge in [0.25, 0.3) is 0 Å². The monoisotopic (exact) mass is 594 g/mol. The highest BCUT2D eigenvalue weighted by Crippen LogP contribution is 2.48. The third-order valence-corrected chi connectivity index (χ3v) is 8.55. The van der Waals surface area contributed by atoms with Gasteiger partial charge in [0.05, 0.1) is 37.9 Å². The minimum absolute atomic E-state index is 0.0754. The molecule has 3 unspecified atom stereocenters. The van der Waals surface area contributed by atoms with Crippen molar-refractivity contribution < 1.29 is 28.4 Å². The van der Waals surface area contributed by atoms with Gasteiger partial charge in [-0.15, -0.1) is 0 Å². The van der Waals surface area contributed by atoms with E-state index in [9.17, 15) is 0 Å². The van der Waals surface area contributed by atoms with E-state index in [4.69, 9.17) is 28.4 Å². The average molecular weight is 595 g/mol. The number of allylic oxidation sites excluding steroid dienone is 3. The van der Waals surface area contributed by atoms with Gasteiger partial charge in [-0.1, -0.05) is 79.4 Å². The van der Waals surface area contributed by atoms with Gasteiger partial charge < -0.3 is 28.4 Å². The molecule has 3 heterocycles. The van der Waals surface area contributed by atoms with Crippen LogP contribution >= 0.6 is 0 Å². The summed E-state index contributed by atoms with van der Waals surface area (Å²) in [5, 5.41) is 0. The molecule has 44 heavy (non-hydrogen) atoms. The lowest BCUT2D eigenvalue weighted by Gasteiger charge is -2.39. The highest BCUT2D eigenvalue weighted by atomic mass is 16.7. The molecular weight excluding hydrogens is 552 g/mol. The summed E-state index contributed by atoms with van der Waals surface area (Å²) in [6.07, 6.45) is 6.07. The highest BCUT2D eigenvalue weighted by Gasteiger charge is 2.41. The van der Waals surface area contributed by atoms with E-state index in [0.29, 0.717) is 25.6 Å². The molecule has 0 N–H and O–H groups in total. The molecule has 0 bridgehead atoms. The Labute approximate surface area is 260 Å². The Hall–Kier alpha value is -3.68. The molecule has 6 nitrogen and oxygen atoms in total. The van der Waals surface area contributed by atoms with Crippen molar-refractivity contribution in [2.75, 3.05) is 33.0 Å². The van der Waals surface area contributed by atoms with Crippen LogP contribution in [0.4, 0.5) is 0 Å². The lowest BCUT2D eigenvalue weighted by atomic mass is 9.64. The fraction of sp³-hybridized carbons (Fsp3) is 0.368. The zero-order valence-corrected chi connectivity index (χ0v) is 25.7. The van der Waals surface area contributed by atoms with Crippen LogP contribution in [0, 0.1) is 0 Å². The van der Waals surface area contributed by atoms with E-state index in [0.717, 1.165) is 71.8 Å². The van der Waals surface area contributed by atoms with Crippen LogP contribution in [0.15, 0.2) is 114 Å². The first-order valence-electron chi connectivity index (χ1n) is 15.7. The van der Waals surface area contributed by atoms with Gasteiger partial charge in [-0.3, -0.25) is 0 Å². The lowest BCUT2D eigenvalue weighted by molar-refractivity contribution is -0.165. The minimum Gasteiger partial charge on any atom is -0.491 e. The summed E-state index contributed by atoms with van der Waals surface area (Å²) in [6.45, 7) is 12.2. The van der Waals surface area contributed by atoms with Crippen molar-refractivity contribution in [3.63, 3.8) is 0 Å². The number of ether oxygens (including phenoxy) is 6. The molecule has 0 aliphatic carbocycles. The van der Waals surface area contributed by atoms with E-state index < -0.39 is 5.41 Å². The molecule has 6 rings (SSSR count). The molecule has 3 fully saturated rings. The number of rotatable bonds is 15. The van der Waals surface area contributed by atoms with Crippen molar-refractivity contribution in [3.8, 4) is 5.75 Å². The van der Waals surface area contributed by atoms with Gasteiger partial charge in [0.15, 0.2) is 0 Å². The highest BCUT2D eigenvalue weighted by molar-refractivity contribution is 5.63. The lowest BCUT2D eigenvalue weighted by Crippen LogP contribution is -2.34. The summed E-state index contributed by atoms with van der Waals surface area (Å²) >= 11 is 0. The van der Waals surface area contributed by atoms with Crippen molar-refractivity contribution in [1.29, 1.82) is 0 Å². The van der Waals surface area contributed by atoms with Crippen molar-refractivity contribution in [2.45, 2.75) is 57.2 Å². The smallest absolute Gasteiger partial charge is 0.202 e. The first-order chi connectivity index (χ1) is 21.6. The first kappa shape index (κ1) is 30.4. The molecule has 0 spiro atoms. The number of hydrogen-bond acceptors (Lipinski definition) is 6. The van der Waals surface area contributed by atoms with Gasteiger partial charge in [-0.25, -0.2) is 0 Å². The summed E-state index contributed by atoms with van der Waals surface area (Å²) in [4.78, 5) is 0. The van der Waals surface area contributed by atoms with Crippen LogP contribution in [-0.4, -0.2) is 51.5 Å². The molecule has 0 amide bonds. The van der Waals surface area contributed by atoms with Crippen LogP contribution in [0.2, 0.25) is 0 Å². The second-order valence-corrected chi connectivity index (χ2v) is 11.3. The Morgan fingerprint density at radius 3 is 2.09 bits per heavy atom. The maximum absolute atomic E-state index is 6.26. The fourth-order valence-corrected chi connectivity index (χ4v) is 5.93. The van der Waals surface area contributed by atoms with E-state index in [2.05, 4.69) is 105 Å². The van der Waals surface area contributed by atoms with Gasteiger partial charge in [0.1, 0.15) is 24.2 Å². The molecule has 3 aliphatic rings. The van der Waals surface area contributed by atoms with Crippen LogP contribution in [0.25, 0.3) is 0 Å². The molecule has 6 heteroatoms. The Kier molecular flexibility index (Phi) is 9.63. The summed E-state index contributed by atoms with van der Waals surface area (Å²) in [7, 11) is 0. The Balaban J connectivity index is 1.54. The maximum atomic E-state index is 6.26. The second kappa shape index (κ2) is 14.0. The van der Waals surface area contributed by atoms with Crippen molar-refractivity contribution in [1.82, 2.24) is 0 Å². The van der Waals surface area contributed by atoms with E-state index in [1.165, 1.54) is 0 Å². The molecule has 230 valence electrons. The summed E-state index contributed by atoms with van der Waals surface area (Å²) in [5.41, 5.74) is 5.72. The summed E-state index contributed by atoms with van der Waals surface area (Å²) in [6, 6.07) is 27.8. The molecule has 3 aromatic rings. The summed E-state index contributed by atoms with van der Waals surface area (Å²) < 4.78 is 35.4. The zero-order chi connectivity index (χ0) is 30.4. The van der Waals surface area contributed by atoms with Crippen LogP contribution < -0.4 is 4.74 Å². The number of epoxide rings is 1. The standard InChI is InChI=1S/C38H42O6/c1-4-29(23-34(36-18-20-40-36)27(3)42-25-33-26-43-33)38(30-12-8-6-9-13-30,31-14-10-7-11-15-31)32-16-17-35(44-37-19-21-41-37)28(22-32)24-39-5-2/h4,6-17,22-23,33,36-37H,3,5,18-21,24-26H2,1-2H3/b29-4+,34-23+. The van der Waals surface area contributed by atoms with Crippen LogP contribution in [0.3, 0.4) is 0 Å². The van der Waals surface area contributed by atoms with E-state index in [-0.39, 0.29) is 18.5 Å². The molecule has 3 atom stereocenters. The predicted octanol–water partition coefficient (Wildman–Crippen LogP) is 7.27. The number of benzene rings is 3. The largest absolute Gasteiger partial charge is 0.491 e. The zero-order valence-electron chi connectivity index (χ0n) is 25.7. The minimum atomic E-state index is -0.682. The van der Waals surface area contributed by atoms with E-state index in [1.54, 1.807) is 0 Å². The average Bonchev–Trinajstić information content (AvgIpc) is 3.85. The maximum Gasteiger partial charge on any atom is 0.202 e. The molecule has 3 aliphatic heterocycles. The Morgan fingerprint density at radius 1 is 0.909 bits per heavy atom. The fourth-order valence-electron chi connectivity index (χ4n) is 5.93. The Morgan fingerprint density at radius 2 is 1.57 bits per heavy atom. The van der Waals surface area contributed by atoms with Gasteiger partial charge in [0, 0.05) is 30.6 Å².